The van der Waals surface area contributed by atoms with Crippen LogP contribution in [0.3, 0.4) is 0 Å². The first kappa shape index (κ1) is 25.7. The molecule has 0 aromatic heterocycles. The van der Waals surface area contributed by atoms with Crippen LogP contribution >= 0.6 is 0 Å². The Labute approximate surface area is 210 Å². The molecule has 0 heterocycles. The lowest BCUT2D eigenvalue weighted by molar-refractivity contribution is 0.237. The van der Waals surface area contributed by atoms with E-state index in [9.17, 15) is 8.78 Å². The summed E-state index contributed by atoms with van der Waals surface area (Å²) < 4.78 is 34.0. The molecule has 2 aromatic carbocycles. The van der Waals surface area contributed by atoms with Gasteiger partial charge in [-0.3, -0.25) is 0 Å². The van der Waals surface area contributed by atoms with Gasteiger partial charge in [0.05, 0.1) is 6.61 Å². The molecule has 0 N–H and O–H groups in total. The highest BCUT2D eigenvalue weighted by atomic mass is 19.2. The monoisotopic (exact) mass is 478 g/mol. The molecule has 4 rings (SSSR count). The van der Waals surface area contributed by atoms with Crippen LogP contribution in [0.5, 0.6) is 5.75 Å². The van der Waals surface area contributed by atoms with Crippen molar-refractivity contribution in [2.75, 3.05) is 6.61 Å². The van der Waals surface area contributed by atoms with Gasteiger partial charge in [-0.1, -0.05) is 61.6 Å². The van der Waals surface area contributed by atoms with Gasteiger partial charge in [0.25, 0.3) is 0 Å². The molecule has 0 saturated heterocycles. The molecule has 0 radical (unpaired) electrons. The third kappa shape index (κ3) is 6.63. The molecule has 1 fully saturated rings. The van der Waals surface area contributed by atoms with Crippen molar-refractivity contribution in [2.24, 2.45) is 17.8 Å². The molecule has 2 aliphatic carbocycles. The van der Waals surface area contributed by atoms with Crippen molar-refractivity contribution in [1.29, 1.82) is 0 Å². The van der Waals surface area contributed by atoms with Crippen molar-refractivity contribution >= 4 is 0 Å². The summed E-state index contributed by atoms with van der Waals surface area (Å²) in [5.74, 6) is 1.22. The van der Waals surface area contributed by atoms with E-state index in [0.29, 0.717) is 30.9 Å². The lowest BCUT2D eigenvalue weighted by atomic mass is 9.71. The Hall–Kier alpha value is -2.42. The summed E-state index contributed by atoms with van der Waals surface area (Å²) in [6, 6.07) is 11.9. The minimum Gasteiger partial charge on any atom is -0.490 e. The van der Waals surface area contributed by atoms with Gasteiger partial charge in [-0.15, -0.1) is 0 Å². The summed E-state index contributed by atoms with van der Waals surface area (Å²) in [6.07, 6.45) is 19.4. The molecule has 2 aromatic rings. The Balaban J connectivity index is 1.29. The van der Waals surface area contributed by atoms with Gasteiger partial charge in [0.1, 0.15) is 0 Å². The third-order valence-electron chi connectivity index (χ3n) is 7.97. The van der Waals surface area contributed by atoms with E-state index < -0.39 is 11.6 Å². The Bertz CT molecular complexity index is 999. The molecule has 2 atom stereocenters. The zero-order valence-electron chi connectivity index (χ0n) is 21.3. The van der Waals surface area contributed by atoms with Crippen molar-refractivity contribution < 1.29 is 13.5 Å². The van der Waals surface area contributed by atoms with Crippen LogP contribution in [0.15, 0.2) is 60.7 Å². The number of halogens is 2. The van der Waals surface area contributed by atoms with E-state index in [2.05, 4.69) is 55.5 Å². The van der Waals surface area contributed by atoms with Gasteiger partial charge in [0.2, 0.25) is 5.82 Å². The highest BCUT2D eigenvalue weighted by molar-refractivity contribution is 5.33. The molecule has 1 nitrogen and oxygen atoms in total. The second-order valence-electron chi connectivity index (χ2n) is 10.4. The van der Waals surface area contributed by atoms with E-state index in [1.807, 2.05) is 6.92 Å². The topological polar surface area (TPSA) is 9.23 Å². The normalized spacial score (nSPS) is 24.7. The molecule has 0 spiro atoms. The first-order valence-corrected chi connectivity index (χ1v) is 13.6. The summed E-state index contributed by atoms with van der Waals surface area (Å²) in [5, 5.41) is 0. The third-order valence-corrected chi connectivity index (χ3v) is 7.97. The number of hydrogen-bond donors (Lipinski definition) is 0. The second kappa shape index (κ2) is 12.5. The lowest BCUT2D eigenvalue weighted by Crippen LogP contribution is -2.22. The number of benzene rings is 2. The zero-order valence-corrected chi connectivity index (χ0v) is 21.3. The highest BCUT2D eigenvalue weighted by Gasteiger charge is 2.28. The van der Waals surface area contributed by atoms with E-state index >= 15 is 0 Å². The SMILES string of the molecule is C/C=C/C1CCC(C2C=CC(c3ccc(CCc4ccc(OCCC)c(F)c4F)cc3)CC2)CC1. The minimum atomic E-state index is -0.875. The number of allylic oxidation sites excluding steroid dienone is 4. The van der Waals surface area contributed by atoms with Crippen LogP contribution < -0.4 is 4.74 Å². The number of ether oxygens (including phenoxy) is 1. The first-order chi connectivity index (χ1) is 17.1. The predicted molar refractivity (Wildman–Crippen MR) is 141 cm³/mol. The molecular weight excluding hydrogens is 438 g/mol. The van der Waals surface area contributed by atoms with Crippen molar-refractivity contribution in [3.63, 3.8) is 0 Å². The fourth-order valence-electron chi connectivity index (χ4n) is 5.85. The van der Waals surface area contributed by atoms with E-state index in [4.69, 9.17) is 4.74 Å². The molecule has 188 valence electrons. The largest absolute Gasteiger partial charge is 0.490 e. The van der Waals surface area contributed by atoms with Crippen LogP contribution in [0.25, 0.3) is 0 Å². The Morgan fingerprint density at radius 2 is 1.63 bits per heavy atom. The van der Waals surface area contributed by atoms with Gasteiger partial charge in [0, 0.05) is 5.92 Å². The number of aryl methyl sites for hydroxylation is 2. The molecular formula is C32H40F2O. The molecule has 35 heavy (non-hydrogen) atoms. The maximum absolute atomic E-state index is 14.5. The molecule has 0 amide bonds. The average molecular weight is 479 g/mol. The second-order valence-corrected chi connectivity index (χ2v) is 10.4. The molecule has 2 unspecified atom stereocenters. The molecule has 3 heteroatoms. The summed E-state index contributed by atoms with van der Waals surface area (Å²) in [5.41, 5.74) is 2.90. The van der Waals surface area contributed by atoms with E-state index in [1.165, 1.54) is 44.1 Å². The number of hydrogen-bond acceptors (Lipinski definition) is 1. The van der Waals surface area contributed by atoms with Crippen LogP contribution in [-0.4, -0.2) is 6.61 Å². The van der Waals surface area contributed by atoms with Crippen LogP contribution in [0.4, 0.5) is 8.78 Å². The predicted octanol–water partition coefficient (Wildman–Crippen LogP) is 8.97. The van der Waals surface area contributed by atoms with Gasteiger partial charge < -0.3 is 4.74 Å². The smallest absolute Gasteiger partial charge is 0.200 e. The fraction of sp³-hybridized carbons (Fsp3) is 0.500. The summed E-state index contributed by atoms with van der Waals surface area (Å²) in [4.78, 5) is 0. The maximum Gasteiger partial charge on any atom is 0.200 e. The summed E-state index contributed by atoms with van der Waals surface area (Å²) in [7, 11) is 0. The van der Waals surface area contributed by atoms with Gasteiger partial charge in [-0.05, 0) is 105 Å². The first-order valence-electron chi connectivity index (χ1n) is 13.6. The van der Waals surface area contributed by atoms with Gasteiger partial charge in [-0.25, -0.2) is 4.39 Å². The quantitative estimate of drug-likeness (QED) is 0.327. The Kier molecular flexibility index (Phi) is 9.18. The van der Waals surface area contributed by atoms with E-state index in [0.717, 1.165) is 29.7 Å². The van der Waals surface area contributed by atoms with E-state index in [-0.39, 0.29) is 5.75 Å². The Morgan fingerprint density at radius 3 is 2.29 bits per heavy atom. The van der Waals surface area contributed by atoms with E-state index in [1.54, 1.807) is 12.1 Å². The van der Waals surface area contributed by atoms with Crippen molar-refractivity contribution in [3.8, 4) is 5.75 Å². The van der Waals surface area contributed by atoms with Crippen LogP contribution in [0.1, 0.15) is 81.4 Å². The van der Waals surface area contributed by atoms with Crippen LogP contribution in [-0.2, 0) is 12.8 Å². The minimum absolute atomic E-state index is 0.00144. The lowest BCUT2D eigenvalue weighted by Gasteiger charge is -2.34. The van der Waals surface area contributed by atoms with Gasteiger partial charge >= 0.3 is 0 Å². The maximum atomic E-state index is 14.5. The molecule has 0 aliphatic heterocycles. The zero-order chi connectivity index (χ0) is 24.6. The standard InChI is InChI=1S/C32H40F2O/c1-3-5-23-6-11-25(12-7-23)27-16-18-28(19-17-27)26-13-8-24(9-14-26)10-15-29-20-21-30(35-22-4-2)32(34)31(29)33/h3,5,8-9,13-14,16,18,20-21,23,25,27-28H,4,6-7,10-12,15,17,19,22H2,1-2H3/b5-3+. The molecule has 2 aliphatic rings. The Morgan fingerprint density at radius 1 is 0.857 bits per heavy atom. The van der Waals surface area contributed by atoms with Gasteiger partial charge in [0.15, 0.2) is 11.6 Å². The van der Waals surface area contributed by atoms with Gasteiger partial charge in [-0.2, -0.15) is 4.39 Å². The van der Waals surface area contributed by atoms with Crippen LogP contribution in [0.2, 0.25) is 0 Å². The molecule has 0 bridgehead atoms. The summed E-state index contributed by atoms with van der Waals surface area (Å²) >= 11 is 0. The fourth-order valence-corrected chi connectivity index (χ4v) is 5.85. The number of rotatable bonds is 9. The highest BCUT2D eigenvalue weighted by Crippen LogP contribution is 2.40. The van der Waals surface area contributed by atoms with Crippen molar-refractivity contribution in [1.82, 2.24) is 0 Å². The average Bonchev–Trinajstić information content (AvgIpc) is 2.90. The van der Waals surface area contributed by atoms with Crippen molar-refractivity contribution in [3.05, 3.63) is 89.0 Å². The molecule has 1 saturated carbocycles. The van der Waals surface area contributed by atoms with Crippen molar-refractivity contribution in [2.45, 2.75) is 77.6 Å². The van der Waals surface area contributed by atoms with Crippen LogP contribution in [0, 0.1) is 29.4 Å². The summed E-state index contributed by atoms with van der Waals surface area (Å²) in [6.45, 7) is 4.45.